The Bertz CT molecular complexity index is 416. The zero-order valence-corrected chi connectivity index (χ0v) is 14.9. The zero-order chi connectivity index (χ0) is 16.9. The van der Waals surface area contributed by atoms with Gasteiger partial charge in [-0.05, 0) is 30.9 Å². The first-order valence-corrected chi connectivity index (χ1v) is 8.93. The highest BCUT2D eigenvalue weighted by atomic mass is 16.5. The van der Waals surface area contributed by atoms with Gasteiger partial charge in [0.15, 0.2) is 0 Å². The second-order valence-electron chi connectivity index (χ2n) is 6.39. The van der Waals surface area contributed by atoms with Crippen molar-refractivity contribution in [3.8, 4) is 5.75 Å². The van der Waals surface area contributed by atoms with Crippen molar-refractivity contribution in [1.29, 1.82) is 0 Å². The van der Waals surface area contributed by atoms with Gasteiger partial charge in [-0.2, -0.15) is 0 Å². The SMILES string of the molecule is CCCCCCCC(CC(C)COc1ccccc1)C(=O)OC. The molecule has 2 unspecified atom stereocenters. The summed E-state index contributed by atoms with van der Waals surface area (Å²) in [6.45, 7) is 4.98. The normalized spacial score (nSPS) is 13.3. The van der Waals surface area contributed by atoms with Crippen LogP contribution in [-0.4, -0.2) is 19.7 Å². The smallest absolute Gasteiger partial charge is 0.308 e. The summed E-state index contributed by atoms with van der Waals surface area (Å²) < 4.78 is 10.8. The highest BCUT2D eigenvalue weighted by molar-refractivity contribution is 5.72. The summed E-state index contributed by atoms with van der Waals surface area (Å²) in [7, 11) is 1.48. The molecule has 3 nitrogen and oxygen atoms in total. The molecule has 0 aromatic heterocycles. The summed E-state index contributed by atoms with van der Waals surface area (Å²) in [6.07, 6.45) is 7.84. The van der Waals surface area contributed by atoms with Gasteiger partial charge in [0.2, 0.25) is 0 Å². The molecule has 2 atom stereocenters. The topological polar surface area (TPSA) is 35.5 Å². The Morgan fingerprint density at radius 2 is 1.78 bits per heavy atom. The molecule has 0 radical (unpaired) electrons. The van der Waals surface area contributed by atoms with E-state index in [0.717, 1.165) is 25.0 Å². The molecule has 0 amide bonds. The van der Waals surface area contributed by atoms with E-state index >= 15 is 0 Å². The summed E-state index contributed by atoms with van der Waals surface area (Å²) >= 11 is 0. The lowest BCUT2D eigenvalue weighted by molar-refractivity contribution is -0.146. The molecule has 0 heterocycles. The van der Waals surface area contributed by atoms with Gasteiger partial charge in [-0.3, -0.25) is 4.79 Å². The number of methoxy groups -OCH3 is 1. The standard InChI is InChI=1S/C20H32O3/c1-4-5-6-7-9-12-18(20(21)22-3)15-17(2)16-23-19-13-10-8-11-14-19/h8,10-11,13-14,17-18H,4-7,9,12,15-16H2,1-3H3. The van der Waals surface area contributed by atoms with Gasteiger partial charge < -0.3 is 9.47 Å². The number of rotatable bonds is 12. The molecule has 0 bridgehead atoms. The van der Waals surface area contributed by atoms with Crippen molar-refractivity contribution in [3.05, 3.63) is 30.3 Å². The highest BCUT2D eigenvalue weighted by Gasteiger charge is 2.21. The molecule has 0 saturated carbocycles. The Morgan fingerprint density at radius 3 is 2.43 bits per heavy atom. The number of unbranched alkanes of at least 4 members (excludes halogenated alkanes) is 4. The molecule has 0 aliphatic heterocycles. The fraction of sp³-hybridized carbons (Fsp3) is 0.650. The molecular formula is C20H32O3. The first kappa shape index (κ1) is 19.5. The van der Waals surface area contributed by atoms with Gasteiger partial charge in [-0.15, -0.1) is 0 Å². The lowest BCUT2D eigenvalue weighted by Gasteiger charge is -2.19. The maximum Gasteiger partial charge on any atom is 0.308 e. The predicted octanol–water partition coefficient (Wildman–Crippen LogP) is 5.24. The summed E-state index contributed by atoms with van der Waals surface area (Å²) in [4.78, 5) is 12.0. The maximum atomic E-state index is 12.0. The van der Waals surface area contributed by atoms with Gasteiger partial charge in [-0.25, -0.2) is 0 Å². The second kappa shape index (κ2) is 12.0. The first-order chi connectivity index (χ1) is 11.2. The second-order valence-corrected chi connectivity index (χ2v) is 6.39. The van der Waals surface area contributed by atoms with E-state index in [4.69, 9.17) is 9.47 Å². The van der Waals surface area contributed by atoms with E-state index < -0.39 is 0 Å². The van der Waals surface area contributed by atoms with Crippen molar-refractivity contribution < 1.29 is 14.3 Å². The zero-order valence-electron chi connectivity index (χ0n) is 14.9. The van der Waals surface area contributed by atoms with Gasteiger partial charge in [0.05, 0.1) is 19.6 Å². The largest absolute Gasteiger partial charge is 0.493 e. The minimum absolute atomic E-state index is 0.00370. The van der Waals surface area contributed by atoms with Crippen LogP contribution in [0.25, 0.3) is 0 Å². The molecule has 0 aliphatic rings. The van der Waals surface area contributed by atoms with E-state index in [0.29, 0.717) is 12.5 Å². The Morgan fingerprint density at radius 1 is 1.09 bits per heavy atom. The number of hydrogen-bond acceptors (Lipinski definition) is 3. The summed E-state index contributed by atoms with van der Waals surface area (Å²) in [5.41, 5.74) is 0. The Balaban J connectivity index is 2.34. The lowest BCUT2D eigenvalue weighted by Crippen LogP contribution is -2.21. The monoisotopic (exact) mass is 320 g/mol. The van der Waals surface area contributed by atoms with Crippen LogP contribution in [0.4, 0.5) is 0 Å². The minimum atomic E-state index is -0.0768. The van der Waals surface area contributed by atoms with Gasteiger partial charge in [0.25, 0.3) is 0 Å². The quantitative estimate of drug-likeness (QED) is 0.390. The predicted molar refractivity (Wildman–Crippen MR) is 94.6 cm³/mol. The number of hydrogen-bond donors (Lipinski definition) is 0. The number of ether oxygens (including phenoxy) is 2. The van der Waals surface area contributed by atoms with Crippen LogP contribution in [0.3, 0.4) is 0 Å². The summed E-state index contributed by atoms with van der Waals surface area (Å²) in [5, 5.41) is 0. The molecule has 130 valence electrons. The van der Waals surface area contributed by atoms with Crippen molar-refractivity contribution >= 4 is 5.97 Å². The third kappa shape index (κ3) is 8.63. The van der Waals surface area contributed by atoms with Crippen molar-refractivity contribution in [3.63, 3.8) is 0 Å². The van der Waals surface area contributed by atoms with E-state index in [1.54, 1.807) is 0 Å². The van der Waals surface area contributed by atoms with Crippen LogP contribution in [-0.2, 0) is 9.53 Å². The maximum absolute atomic E-state index is 12.0. The molecule has 0 fully saturated rings. The molecule has 3 heteroatoms. The van der Waals surface area contributed by atoms with Crippen LogP contribution in [0.1, 0.15) is 58.8 Å². The van der Waals surface area contributed by atoms with Gasteiger partial charge in [0, 0.05) is 0 Å². The van der Waals surface area contributed by atoms with Crippen LogP contribution in [0.5, 0.6) is 5.75 Å². The Labute approximate surface area is 141 Å². The third-order valence-electron chi connectivity index (χ3n) is 4.16. The molecule has 23 heavy (non-hydrogen) atoms. The van der Waals surface area contributed by atoms with Crippen molar-refractivity contribution in [2.45, 2.75) is 58.8 Å². The molecular weight excluding hydrogens is 288 g/mol. The van der Waals surface area contributed by atoms with Gasteiger partial charge >= 0.3 is 5.97 Å². The minimum Gasteiger partial charge on any atom is -0.493 e. The van der Waals surface area contributed by atoms with Crippen molar-refractivity contribution in [2.24, 2.45) is 11.8 Å². The van der Waals surface area contributed by atoms with E-state index in [1.807, 2.05) is 30.3 Å². The third-order valence-corrected chi connectivity index (χ3v) is 4.16. The van der Waals surface area contributed by atoms with Crippen LogP contribution >= 0.6 is 0 Å². The molecule has 1 aromatic rings. The Hall–Kier alpha value is -1.51. The fourth-order valence-corrected chi connectivity index (χ4v) is 2.80. The molecule has 0 saturated heterocycles. The van der Waals surface area contributed by atoms with Crippen molar-refractivity contribution in [2.75, 3.05) is 13.7 Å². The van der Waals surface area contributed by atoms with E-state index in [2.05, 4.69) is 13.8 Å². The molecule has 1 rings (SSSR count). The van der Waals surface area contributed by atoms with Crippen LogP contribution in [0.2, 0.25) is 0 Å². The van der Waals surface area contributed by atoms with E-state index in [9.17, 15) is 4.79 Å². The Kier molecular flexibility index (Phi) is 10.2. The van der Waals surface area contributed by atoms with Crippen molar-refractivity contribution in [1.82, 2.24) is 0 Å². The molecule has 1 aromatic carbocycles. The van der Waals surface area contributed by atoms with Crippen LogP contribution < -0.4 is 4.74 Å². The molecule has 0 spiro atoms. The average molecular weight is 320 g/mol. The highest BCUT2D eigenvalue weighted by Crippen LogP contribution is 2.22. The van der Waals surface area contributed by atoms with E-state index in [-0.39, 0.29) is 11.9 Å². The molecule has 0 aliphatic carbocycles. The summed E-state index contributed by atoms with van der Waals surface area (Å²) in [6, 6.07) is 9.82. The number of carbonyl (C=O) groups excluding carboxylic acids is 1. The lowest BCUT2D eigenvalue weighted by atomic mass is 9.91. The molecule has 0 N–H and O–H groups in total. The van der Waals surface area contributed by atoms with E-state index in [1.165, 1.54) is 32.8 Å². The van der Waals surface area contributed by atoms with Crippen LogP contribution in [0, 0.1) is 11.8 Å². The summed E-state index contributed by atoms with van der Waals surface area (Å²) in [5.74, 6) is 1.13. The van der Waals surface area contributed by atoms with Gasteiger partial charge in [-0.1, -0.05) is 64.2 Å². The number of esters is 1. The van der Waals surface area contributed by atoms with Gasteiger partial charge in [0.1, 0.15) is 5.75 Å². The number of para-hydroxylation sites is 1. The number of carbonyl (C=O) groups is 1. The average Bonchev–Trinajstić information content (AvgIpc) is 2.59. The first-order valence-electron chi connectivity index (χ1n) is 8.93. The van der Waals surface area contributed by atoms with Crippen LogP contribution in [0.15, 0.2) is 30.3 Å². The fourth-order valence-electron chi connectivity index (χ4n) is 2.80. The number of benzene rings is 1.